The molecule has 1 heterocycles. The van der Waals surface area contributed by atoms with Crippen LogP contribution in [0.25, 0.3) is 0 Å². The van der Waals surface area contributed by atoms with E-state index in [1.165, 1.54) is 35.2 Å². The van der Waals surface area contributed by atoms with E-state index >= 15 is 0 Å². The molecule has 1 aliphatic rings. The first-order valence-electron chi connectivity index (χ1n) is 11.3. The molecule has 0 radical (unpaired) electrons. The van der Waals surface area contributed by atoms with E-state index in [1.807, 2.05) is 20.8 Å². The number of sulfonamides is 1. The Morgan fingerprint density at radius 3 is 2.34 bits per heavy atom. The molecule has 188 valence electrons. The Kier molecular flexibility index (Phi) is 7.64. The van der Waals surface area contributed by atoms with Crippen LogP contribution in [0, 0.1) is 5.82 Å². The summed E-state index contributed by atoms with van der Waals surface area (Å²) < 4.78 is 40.5. The highest BCUT2D eigenvalue weighted by atomic mass is 32.2. The first-order valence-corrected chi connectivity index (χ1v) is 12.8. The maximum Gasteiger partial charge on any atom is 0.269 e. The van der Waals surface area contributed by atoms with Crippen molar-refractivity contribution in [1.29, 1.82) is 0 Å². The summed E-state index contributed by atoms with van der Waals surface area (Å²) in [5, 5.41) is 2.82. The number of fused-ring (bicyclic) bond motifs is 1. The minimum Gasteiger partial charge on any atom is -0.350 e. The minimum atomic E-state index is -3.97. The van der Waals surface area contributed by atoms with Gasteiger partial charge in [-0.3, -0.25) is 14.4 Å². The summed E-state index contributed by atoms with van der Waals surface area (Å²) in [7, 11) is -3.97. The fraction of sp³-hybridized carbons (Fsp3) is 0.400. The Morgan fingerprint density at radius 1 is 1.09 bits per heavy atom. The molecule has 2 aromatic carbocycles. The van der Waals surface area contributed by atoms with Crippen molar-refractivity contribution in [2.75, 3.05) is 6.54 Å². The van der Waals surface area contributed by atoms with E-state index in [0.29, 0.717) is 0 Å². The van der Waals surface area contributed by atoms with E-state index < -0.39 is 45.1 Å². The largest absolute Gasteiger partial charge is 0.350 e. The SMILES string of the molecule is C[C@@H](C(=O)NC(C)(C)C)N(Cc1ccccc1F)C(=O)CCCN1C(=O)c2ccccc2S1(=O)=O. The van der Waals surface area contributed by atoms with E-state index in [9.17, 15) is 27.2 Å². The molecule has 3 rings (SSSR count). The number of rotatable bonds is 8. The van der Waals surface area contributed by atoms with E-state index in [2.05, 4.69) is 5.32 Å². The van der Waals surface area contributed by atoms with Crippen molar-refractivity contribution in [1.82, 2.24) is 14.5 Å². The number of amides is 3. The zero-order valence-corrected chi connectivity index (χ0v) is 21.1. The molecule has 35 heavy (non-hydrogen) atoms. The zero-order valence-electron chi connectivity index (χ0n) is 20.2. The van der Waals surface area contributed by atoms with Gasteiger partial charge in [-0.05, 0) is 52.3 Å². The van der Waals surface area contributed by atoms with Gasteiger partial charge < -0.3 is 10.2 Å². The number of carbonyl (C=O) groups excluding carboxylic acids is 3. The van der Waals surface area contributed by atoms with Crippen LogP contribution in [-0.2, 0) is 26.2 Å². The predicted octanol–water partition coefficient (Wildman–Crippen LogP) is 3.08. The van der Waals surface area contributed by atoms with Crippen LogP contribution in [0.1, 0.15) is 56.5 Å². The van der Waals surface area contributed by atoms with Crippen molar-refractivity contribution >= 4 is 27.7 Å². The molecule has 0 unspecified atom stereocenters. The topological polar surface area (TPSA) is 104 Å². The average molecular weight is 504 g/mol. The van der Waals surface area contributed by atoms with Gasteiger partial charge in [-0.2, -0.15) is 0 Å². The Hall–Kier alpha value is -3.27. The quantitative estimate of drug-likeness (QED) is 0.596. The number of carbonyl (C=O) groups is 3. The van der Waals surface area contributed by atoms with E-state index in [-0.39, 0.29) is 42.0 Å². The average Bonchev–Trinajstić information content (AvgIpc) is 2.97. The number of nitrogens with zero attached hydrogens (tertiary/aromatic N) is 2. The van der Waals surface area contributed by atoms with Crippen molar-refractivity contribution in [3.8, 4) is 0 Å². The second-order valence-corrected chi connectivity index (χ2v) is 11.3. The van der Waals surface area contributed by atoms with Crippen molar-refractivity contribution < 1.29 is 27.2 Å². The number of benzene rings is 2. The Labute approximate surface area is 205 Å². The molecule has 0 spiro atoms. The highest BCUT2D eigenvalue weighted by molar-refractivity contribution is 7.90. The third-order valence-electron chi connectivity index (χ3n) is 5.63. The van der Waals surface area contributed by atoms with E-state index in [4.69, 9.17) is 0 Å². The number of hydrogen-bond acceptors (Lipinski definition) is 5. The first kappa shape index (κ1) is 26.3. The predicted molar refractivity (Wildman–Crippen MR) is 128 cm³/mol. The number of nitrogens with one attached hydrogen (secondary N) is 1. The summed E-state index contributed by atoms with van der Waals surface area (Å²) in [6, 6.07) is 11.0. The van der Waals surface area contributed by atoms with E-state index in [1.54, 1.807) is 25.1 Å². The third-order valence-corrected chi connectivity index (χ3v) is 7.47. The molecule has 0 bridgehead atoms. The van der Waals surface area contributed by atoms with Crippen LogP contribution in [0.5, 0.6) is 0 Å². The van der Waals surface area contributed by atoms with Crippen LogP contribution in [0.15, 0.2) is 53.4 Å². The van der Waals surface area contributed by atoms with Crippen molar-refractivity contribution in [3.05, 3.63) is 65.5 Å². The van der Waals surface area contributed by atoms with Crippen LogP contribution in [0.4, 0.5) is 4.39 Å². The van der Waals surface area contributed by atoms with Gasteiger partial charge in [0.25, 0.3) is 15.9 Å². The lowest BCUT2D eigenvalue weighted by molar-refractivity contribution is -0.141. The second kappa shape index (κ2) is 10.2. The molecule has 10 heteroatoms. The molecule has 8 nitrogen and oxygen atoms in total. The van der Waals surface area contributed by atoms with Crippen LogP contribution in [0.3, 0.4) is 0 Å². The van der Waals surface area contributed by atoms with Gasteiger partial charge in [0, 0.05) is 30.6 Å². The number of hydrogen-bond donors (Lipinski definition) is 1. The number of halogens is 1. The van der Waals surface area contributed by atoms with Crippen LogP contribution < -0.4 is 5.32 Å². The summed E-state index contributed by atoms with van der Waals surface area (Å²) in [4.78, 5) is 39.8. The lowest BCUT2D eigenvalue weighted by Gasteiger charge is -2.31. The molecule has 1 N–H and O–H groups in total. The molecule has 1 aliphatic heterocycles. The lowest BCUT2D eigenvalue weighted by atomic mass is 10.1. The van der Waals surface area contributed by atoms with Gasteiger partial charge in [0.05, 0.1) is 5.56 Å². The summed E-state index contributed by atoms with van der Waals surface area (Å²) in [6.07, 6.45) is -0.0730. The van der Waals surface area contributed by atoms with Crippen LogP contribution >= 0.6 is 0 Å². The van der Waals surface area contributed by atoms with Crippen molar-refractivity contribution in [3.63, 3.8) is 0 Å². The minimum absolute atomic E-state index is 0.0509. The lowest BCUT2D eigenvalue weighted by Crippen LogP contribution is -2.52. The summed E-state index contributed by atoms with van der Waals surface area (Å²) in [5.41, 5.74) is -0.172. The van der Waals surface area contributed by atoms with Gasteiger partial charge in [-0.1, -0.05) is 30.3 Å². The zero-order chi connectivity index (χ0) is 26.0. The smallest absolute Gasteiger partial charge is 0.269 e. The highest BCUT2D eigenvalue weighted by Gasteiger charge is 2.40. The normalized spacial score (nSPS) is 15.5. The standard InChI is InChI=1S/C25H30FN3O5S/c1-17(23(31)27-25(2,3)4)28(16-18-10-5-7-12-20(18)26)22(30)14-9-15-29-24(32)19-11-6-8-13-21(19)35(29,33)34/h5-8,10-13,17H,9,14-16H2,1-4H3,(H,27,31)/t17-/m0/s1. The molecule has 0 aromatic heterocycles. The van der Waals surface area contributed by atoms with Crippen LogP contribution in [-0.4, -0.2) is 53.5 Å². The molecule has 0 fully saturated rings. The maximum absolute atomic E-state index is 14.3. The highest BCUT2D eigenvalue weighted by Crippen LogP contribution is 2.30. The van der Waals surface area contributed by atoms with Gasteiger partial charge in [-0.15, -0.1) is 0 Å². The van der Waals surface area contributed by atoms with Gasteiger partial charge in [0.15, 0.2) is 0 Å². The fourth-order valence-electron chi connectivity index (χ4n) is 3.84. The van der Waals surface area contributed by atoms with Crippen molar-refractivity contribution in [2.45, 2.75) is 63.6 Å². The maximum atomic E-state index is 14.3. The molecular formula is C25H30FN3O5S. The molecule has 0 saturated carbocycles. The third kappa shape index (κ3) is 5.87. The Morgan fingerprint density at radius 2 is 1.71 bits per heavy atom. The monoisotopic (exact) mass is 503 g/mol. The Bertz CT molecular complexity index is 1240. The van der Waals surface area contributed by atoms with Crippen LogP contribution in [0.2, 0.25) is 0 Å². The summed E-state index contributed by atoms with van der Waals surface area (Å²) >= 11 is 0. The summed E-state index contributed by atoms with van der Waals surface area (Å²) in [6.45, 7) is 6.68. The molecule has 0 aliphatic carbocycles. The van der Waals surface area contributed by atoms with Gasteiger partial charge in [-0.25, -0.2) is 17.1 Å². The molecular weight excluding hydrogens is 473 g/mol. The molecule has 3 amide bonds. The molecule has 2 aromatic rings. The molecule has 0 saturated heterocycles. The van der Waals surface area contributed by atoms with Gasteiger partial charge in [0.2, 0.25) is 11.8 Å². The Balaban J connectivity index is 1.73. The fourth-order valence-corrected chi connectivity index (χ4v) is 5.44. The van der Waals surface area contributed by atoms with Gasteiger partial charge in [0.1, 0.15) is 16.8 Å². The van der Waals surface area contributed by atoms with E-state index in [0.717, 1.165) is 4.31 Å². The first-order chi connectivity index (χ1) is 16.3. The van der Waals surface area contributed by atoms with Gasteiger partial charge >= 0.3 is 0 Å². The summed E-state index contributed by atoms with van der Waals surface area (Å²) in [5.74, 6) is -1.98. The second-order valence-electron chi connectivity index (χ2n) is 9.51. The van der Waals surface area contributed by atoms with Crippen molar-refractivity contribution in [2.24, 2.45) is 0 Å². The molecule has 1 atom stereocenters.